The number of ether oxygens (including phenoxy) is 1. The Balaban J connectivity index is 1.53. The molecule has 0 bridgehead atoms. The Labute approximate surface area is 159 Å². The van der Waals surface area contributed by atoms with E-state index in [1.807, 2.05) is 36.4 Å². The molecular weight excluding hydrogens is 340 g/mol. The molecule has 3 aromatic rings. The van der Waals surface area contributed by atoms with Crippen molar-refractivity contribution in [2.24, 2.45) is 5.92 Å². The molecule has 1 aromatic heterocycles. The van der Waals surface area contributed by atoms with E-state index in [-0.39, 0.29) is 5.91 Å². The van der Waals surface area contributed by atoms with Gasteiger partial charge in [-0.1, -0.05) is 44.2 Å². The fourth-order valence-corrected chi connectivity index (χ4v) is 2.54. The van der Waals surface area contributed by atoms with Crippen molar-refractivity contribution in [1.29, 1.82) is 0 Å². The van der Waals surface area contributed by atoms with Crippen LogP contribution in [0.15, 0.2) is 61.2 Å². The summed E-state index contributed by atoms with van der Waals surface area (Å²) in [6.45, 7) is 5.96. The van der Waals surface area contributed by atoms with Gasteiger partial charge in [0, 0.05) is 12.1 Å². The van der Waals surface area contributed by atoms with Crippen LogP contribution in [0.5, 0.6) is 5.75 Å². The number of amides is 1. The average Bonchev–Trinajstić information content (AvgIpc) is 3.19. The molecule has 0 aliphatic carbocycles. The largest absolute Gasteiger partial charge is 0.493 e. The summed E-state index contributed by atoms with van der Waals surface area (Å²) in [4.78, 5) is 16.3. The van der Waals surface area contributed by atoms with E-state index in [0.29, 0.717) is 36.9 Å². The number of nitrogens with one attached hydrogen (secondary N) is 1. The lowest BCUT2D eigenvalue weighted by atomic mass is 10.1. The monoisotopic (exact) mass is 364 g/mol. The predicted octanol–water partition coefficient (Wildman–Crippen LogP) is 3.29. The first-order valence-corrected chi connectivity index (χ1v) is 9.01. The Bertz CT molecular complexity index is 858. The number of nitrogens with zero attached hydrogens (tertiary/aromatic N) is 3. The van der Waals surface area contributed by atoms with Crippen LogP contribution in [0.25, 0.3) is 0 Å². The van der Waals surface area contributed by atoms with Crippen LogP contribution < -0.4 is 10.1 Å². The lowest BCUT2D eigenvalue weighted by Gasteiger charge is -2.10. The van der Waals surface area contributed by atoms with E-state index in [1.165, 1.54) is 6.33 Å². The SMILES string of the molecule is CC(C)COc1cccc(C(=O)NCc2ccc(Cn3cncn3)cc2)c1. The van der Waals surface area contributed by atoms with E-state index in [1.54, 1.807) is 23.1 Å². The quantitative estimate of drug-likeness (QED) is 0.666. The normalized spacial score (nSPS) is 10.8. The van der Waals surface area contributed by atoms with Crippen LogP contribution >= 0.6 is 0 Å². The Hall–Kier alpha value is -3.15. The Morgan fingerprint density at radius 2 is 1.93 bits per heavy atom. The average molecular weight is 364 g/mol. The molecule has 0 fully saturated rings. The van der Waals surface area contributed by atoms with Crippen molar-refractivity contribution in [1.82, 2.24) is 20.1 Å². The molecule has 6 heteroatoms. The fourth-order valence-electron chi connectivity index (χ4n) is 2.54. The number of carbonyl (C=O) groups excluding carboxylic acids is 1. The molecule has 0 radical (unpaired) electrons. The standard InChI is InChI=1S/C21H24N4O2/c1-16(2)13-27-20-5-3-4-19(10-20)21(26)23-11-17-6-8-18(9-7-17)12-25-15-22-14-24-25/h3-10,14-16H,11-13H2,1-2H3,(H,23,26). The highest BCUT2D eigenvalue weighted by Crippen LogP contribution is 2.14. The molecule has 0 atom stereocenters. The number of benzene rings is 2. The van der Waals surface area contributed by atoms with Crippen molar-refractivity contribution in [2.45, 2.75) is 26.9 Å². The molecule has 0 saturated heterocycles. The van der Waals surface area contributed by atoms with Gasteiger partial charge in [-0.2, -0.15) is 5.10 Å². The number of carbonyl (C=O) groups is 1. The van der Waals surface area contributed by atoms with Gasteiger partial charge in [-0.25, -0.2) is 9.67 Å². The van der Waals surface area contributed by atoms with Gasteiger partial charge in [0.15, 0.2) is 0 Å². The minimum atomic E-state index is -0.114. The molecule has 27 heavy (non-hydrogen) atoms. The van der Waals surface area contributed by atoms with Crippen LogP contribution in [0, 0.1) is 5.92 Å². The zero-order chi connectivity index (χ0) is 19.1. The third-order valence-electron chi connectivity index (χ3n) is 3.97. The van der Waals surface area contributed by atoms with E-state index >= 15 is 0 Å². The summed E-state index contributed by atoms with van der Waals surface area (Å²) < 4.78 is 7.45. The first kappa shape index (κ1) is 18.6. The van der Waals surface area contributed by atoms with Crippen LogP contribution in [0.3, 0.4) is 0 Å². The molecule has 0 unspecified atom stereocenters. The number of aromatic nitrogens is 3. The lowest BCUT2D eigenvalue weighted by molar-refractivity contribution is 0.0950. The van der Waals surface area contributed by atoms with Crippen LogP contribution in [0.2, 0.25) is 0 Å². The van der Waals surface area contributed by atoms with Gasteiger partial charge < -0.3 is 10.1 Å². The van der Waals surface area contributed by atoms with Crippen molar-refractivity contribution in [2.75, 3.05) is 6.61 Å². The molecule has 3 rings (SSSR count). The van der Waals surface area contributed by atoms with Gasteiger partial charge in [0.25, 0.3) is 5.91 Å². The van der Waals surface area contributed by atoms with Crippen molar-refractivity contribution in [3.05, 3.63) is 77.9 Å². The van der Waals surface area contributed by atoms with E-state index in [4.69, 9.17) is 4.74 Å². The van der Waals surface area contributed by atoms with Gasteiger partial charge in [0.1, 0.15) is 18.4 Å². The second-order valence-electron chi connectivity index (χ2n) is 6.82. The van der Waals surface area contributed by atoms with E-state index in [0.717, 1.165) is 11.1 Å². The first-order valence-electron chi connectivity index (χ1n) is 9.01. The fraction of sp³-hybridized carbons (Fsp3) is 0.286. The van der Waals surface area contributed by atoms with Crippen LogP contribution in [-0.4, -0.2) is 27.3 Å². The molecule has 0 saturated carbocycles. The van der Waals surface area contributed by atoms with Crippen molar-refractivity contribution >= 4 is 5.91 Å². The maximum absolute atomic E-state index is 12.4. The third-order valence-corrected chi connectivity index (χ3v) is 3.97. The molecular formula is C21H24N4O2. The lowest BCUT2D eigenvalue weighted by Crippen LogP contribution is -2.22. The number of hydrogen-bond donors (Lipinski definition) is 1. The molecule has 0 aliphatic rings. The zero-order valence-electron chi connectivity index (χ0n) is 15.6. The van der Waals surface area contributed by atoms with E-state index < -0.39 is 0 Å². The van der Waals surface area contributed by atoms with Crippen molar-refractivity contribution in [3.63, 3.8) is 0 Å². The van der Waals surface area contributed by atoms with Gasteiger partial charge in [-0.15, -0.1) is 0 Å². The summed E-state index contributed by atoms with van der Waals surface area (Å²) in [6, 6.07) is 15.4. The maximum Gasteiger partial charge on any atom is 0.251 e. The number of rotatable bonds is 8. The Kier molecular flexibility index (Phi) is 6.20. The van der Waals surface area contributed by atoms with Crippen LogP contribution in [0.1, 0.15) is 35.3 Å². The molecule has 0 aliphatic heterocycles. The van der Waals surface area contributed by atoms with Gasteiger partial charge in [0.05, 0.1) is 13.2 Å². The minimum absolute atomic E-state index is 0.114. The minimum Gasteiger partial charge on any atom is -0.493 e. The highest BCUT2D eigenvalue weighted by atomic mass is 16.5. The van der Waals surface area contributed by atoms with Crippen LogP contribution in [-0.2, 0) is 13.1 Å². The summed E-state index contributed by atoms with van der Waals surface area (Å²) in [5.41, 5.74) is 2.77. The third kappa shape index (κ3) is 5.67. The van der Waals surface area contributed by atoms with Crippen LogP contribution in [0.4, 0.5) is 0 Å². The Morgan fingerprint density at radius 1 is 1.15 bits per heavy atom. The topological polar surface area (TPSA) is 69.0 Å². The molecule has 1 heterocycles. The smallest absolute Gasteiger partial charge is 0.251 e. The molecule has 0 spiro atoms. The summed E-state index contributed by atoms with van der Waals surface area (Å²) in [7, 11) is 0. The second kappa shape index (κ2) is 8.98. The molecule has 2 aromatic carbocycles. The van der Waals surface area contributed by atoms with E-state index in [2.05, 4.69) is 29.2 Å². The molecule has 6 nitrogen and oxygen atoms in total. The van der Waals surface area contributed by atoms with Gasteiger partial charge in [0.2, 0.25) is 0 Å². The van der Waals surface area contributed by atoms with Gasteiger partial charge in [-0.3, -0.25) is 4.79 Å². The molecule has 1 N–H and O–H groups in total. The summed E-state index contributed by atoms with van der Waals surface area (Å²) in [5.74, 6) is 1.04. The summed E-state index contributed by atoms with van der Waals surface area (Å²) in [5, 5.41) is 7.05. The predicted molar refractivity (Wildman–Crippen MR) is 104 cm³/mol. The summed E-state index contributed by atoms with van der Waals surface area (Å²) >= 11 is 0. The second-order valence-corrected chi connectivity index (χ2v) is 6.82. The van der Waals surface area contributed by atoms with E-state index in [9.17, 15) is 4.79 Å². The van der Waals surface area contributed by atoms with Crippen molar-refractivity contribution < 1.29 is 9.53 Å². The Morgan fingerprint density at radius 3 is 2.63 bits per heavy atom. The highest BCUT2D eigenvalue weighted by molar-refractivity contribution is 5.94. The maximum atomic E-state index is 12.4. The first-order chi connectivity index (χ1) is 13.1. The molecule has 140 valence electrons. The van der Waals surface area contributed by atoms with Gasteiger partial charge in [-0.05, 0) is 35.2 Å². The highest BCUT2D eigenvalue weighted by Gasteiger charge is 2.07. The molecule has 1 amide bonds. The van der Waals surface area contributed by atoms with Gasteiger partial charge >= 0.3 is 0 Å². The zero-order valence-corrected chi connectivity index (χ0v) is 15.6. The summed E-state index contributed by atoms with van der Waals surface area (Å²) in [6.07, 6.45) is 3.21. The van der Waals surface area contributed by atoms with Crippen molar-refractivity contribution in [3.8, 4) is 5.75 Å². The number of hydrogen-bond acceptors (Lipinski definition) is 4.